The number of aryl methyl sites for hydroxylation is 1. The Labute approximate surface area is 86.5 Å². The Bertz CT molecular complexity index is 578. The Morgan fingerprint density at radius 2 is 2.20 bits per heavy atom. The lowest BCUT2D eigenvalue weighted by molar-refractivity contribution is 0.0988. The van der Waals surface area contributed by atoms with Gasteiger partial charge in [-0.2, -0.15) is 0 Å². The van der Waals surface area contributed by atoms with Crippen molar-refractivity contribution in [2.75, 3.05) is 0 Å². The molecular formula is C11H12N2O2. The first-order valence-corrected chi connectivity index (χ1v) is 4.85. The lowest BCUT2D eigenvalue weighted by atomic mass is 10.1. The molecule has 0 aliphatic carbocycles. The zero-order valence-electron chi connectivity index (χ0n) is 8.70. The van der Waals surface area contributed by atoms with Gasteiger partial charge in [-0.3, -0.25) is 9.36 Å². The predicted molar refractivity (Wildman–Crippen MR) is 58.2 cm³/mol. The fraction of sp³-hybridized carbons (Fsp3) is 0.273. The van der Waals surface area contributed by atoms with Crippen molar-refractivity contribution < 1.29 is 4.79 Å². The molecule has 0 fully saturated rings. The zero-order chi connectivity index (χ0) is 11.0. The molecule has 1 aromatic carbocycles. The lowest BCUT2D eigenvalue weighted by Gasteiger charge is -1.98. The number of Topliss-reactive ketones (excluding diaryl/α,β-unsaturated/α-hetero) is 1. The van der Waals surface area contributed by atoms with Crippen LogP contribution in [0.15, 0.2) is 23.0 Å². The highest BCUT2D eigenvalue weighted by molar-refractivity contribution is 5.98. The Balaban J connectivity index is 2.67. The number of hydrogen-bond acceptors (Lipinski definition) is 2. The third-order valence-electron chi connectivity index (χ3n) is 2.55. The molecule has 0 amide bonds. The summed E-state index contributed by atoms with van der Waals surface area (Å²) in [5, 5.41) is 0. The van der Waals surface area contributed by atoms with Crippen molar-refractivity contribution in [2.24, 2.45) is 7.05 Å². The van der Waals surface area contributed by atoms with Crippen molar-refractivity contribution in [1.29, 1.82) is 0 Å². The van der Waals surface area contributed by atoms with Gasteiger partial charge in [-0.05, 0) is 18.2 Å². The smallest absolute Gasteiger partial charge is 0.306 e. The molecule has 0 atom stereocenters. The maximum Gasteiger partial charge on any atom is 0.326 e. The van der Waals surface area contributed by atoms with Crippen LogP contribution in [0.2, 0.25) is 0 Å². The SMILES string of the molecule is CCC(=O)c1ccc2c(c1)[nH]c(=O)n2C. The average Bonchev–Trinajstić information content (AvgIpc) is 2.53. The number of hydrogen-bond donors (Lipinski definition) is 1. The van der Waals surface area contributed by atoms with Crippen molar-refractivity contribution in [3.63, 3.8) is 0 Å². The minimum atomic E-state index is -0.161. The number of imidazole rings is 1. The normalized spacial score (nSPS) is 10.8. The Morgan fingerprint density at radius 1 is 1.47 bits per heavy atom. The number of aromatic amines is 1. The standard InChI is InChI=1S/C11H12N2O2/c1-3-10(14)7-4-5-9-8(6-7)12-11(15)13(9)2/h4-6H,3H2,1-2H3,(H,12,15). The van der Waals surface area contributed by atoms with Crippen LogP contribution in [0.5, 0.6) is 0 Å². The second kappa shape index (κ2) is 3.38. The van der Waals surface area contributed by atoms with Crippen LogP contribution in [0.3, 0.4) is 0 Å². The lowest BCUT2D eigenvalue weighted by Crippen LogP contribution is -2.11. The Hall–Kier alpha value is -1.84. The van der Waals surface area contributed by atoms with E-state index in [0.717, 1.165) is 5.52 Å². The summed E-state index contributed by atoms with van der Waals surface area (Å²) in [6.45, 7) is 1.82. The van der Waals surface area contributed by atoms with Crippen LogP contribution in [0, 0.1) is 0 Å². The van der Waals surface area contributed by atoms with Gasteiger partial charge in [0.1, 0.15) is 0 Å². The average molecular weight is 204 g/mol. The number of nitrogens with zero attached hydrogens (tertiary/aromatic N) is 1. The van der Waals surface area contributed by atoms with E-state index in [1.165, 1.54) is 4.57 Å². The van der Waals surface area contributed by atoms with E-state index in [4.69, 9.17) is 0 Å². The van der Waals surface area contributed by atoms with Gasteiger partial charge >= 0.3 is 5.69 Å². The van der Waals surface area contributed by atoms with E-state index in [1.807, 2.05) is 6.92 Å². The van der Waals surface area contributed by atoms with Crippen molar-refractivity contribution >= 4 is 16.8 Å². The Kier molecular flexibility index (Phi) is 2.19. The number of nitrogens with one attached hydrogen (secondary N) is 1. The van der Waals surface area contributed by atoms with Crippen LogP contribution < -0.4 is 5.69 Å². The highest BCUT2D eigenvalue weighted by Crippen LogP contribution is 2.13. The first-order chi connectivity index (χ1) is 7.13. The molecule has 2 rings (SSSR count). The van der Waals surface area contributed by atoms with E-state index in [0.29, 0.717) is 17.5 Å². The highest BCUT2D eigenvalue weighted by atomic mass is 16.1. The van der Waals surface area contributed by atoms with Gasteiger partial charge in [0.15, 0.2) is 5.78 Å². The fourth-order valence-electron chi connectivity index (χ4n) is 1.61. The third kappa shape index (κ3) is 1.48. The van der Waals surface area contributed by atoms with Crippen LogP contribution in [0.1, 0.15) is 23.7 Å². The van der Waals surface area contributed by atoms with Gasteiger partial charge in [-0.15, -0.1) is 0 Å². The largest absolute Gasteiger partial charge is 0.326 e. The number of ketones is 1. The number of benzene rings is 1. The first kappa shape index (κ1) is 9.71. The summed E-state index contributed by atoms with van der Waals surface area (Å²) in [7, 11) is 1.70. The molecule has 0 aliphatic heterocycles. The van der Waals surface area contributed by atoms with Crippen LogP contribution in [-0.2, 0) is 7.05 Å². The molecule has 4 heteroatoms. The molecule has 1 N–H and O–H groups in total. The van der Waals surface area contributed by atoms with E-state index >= 15 is 0 Å². The molecule has 0 saturated heterocycles. The van der Waals surface area contributed by atoms with E-state index < -0.39 is 0 Å². The van der Waals surface area contributed by atoms with Crippen LogP contribution >= 0.6 is 0 Å². The maximum absolute atomic E-state index is 11.5. The number of H-pyrrole nitrogens is 1. The molecule has 0 radical (unpaired) electrons. The summed E-state index contributed by atoms with van der Waals surface area (Å²) in [6, 6.07) is 5.26. The van der Waals surface area contributed by atoms with Crippen LogP contribution in [0.25, 0.3) is 11.0 Å². The molecule has 2 aromatic rings. The molecule has 0 saturated carbocycles. The predicted octanol–water partition coefficient (Wildman–Crippen LogP) is 1.46. The van der Waals surface area contributed by atoms with E-state index in [9.17, 15) is 9.59 Å². The molecule has 0 unspecified atom stereocenters. The van der Waals surface area contributed by atoms with Crippen LogP contribution in [0.4, 0.5) is 0 Å². The molecule has 1 heterocycles. The zero-order valence-corrected chi connectivity index (χ0v) is 8.70. The molecule has 4 nitrogen and oxygen atoms in total. The summed E-state index contributed by atoms with van der Waals surface area (Å²) in [4.78, 5) is 25.5. The Morgan fingerprint density at radius 3 is 2.87 bits per heavy atom. The van der Waals surface area contributed by atoms with Crippen LogP contribution in [-0.4, -0.2) is 15.3 Å². The van der Waals surface area contributed by atoms with E-state index in [1.54, 1.807) is 25.2 Å². The van der Waals surface area contributed by atoms with Crippen molar-refractivity contribution in [3.05, 3.63) is 34.2 Å². The number of aromatic nitrogens is 2. The molecule has 0 aliphatic rings. The van der Waals surface area contributed by atoms with Crippen molar-refractivity contribution in [1.82, 2.24) is 9.55 Å². The minimum Gasteiger partial charge on any atom is -0.306 e. The molecule has 0 bridgehead atoms. The van der Waals surface area contributed by atoms with Gasteiger partial charge in [0.25, 0.3) is 0 Å². The summed E-state index contributed by atoms with van der Waals surface area (Å²) in [6.07, 6.45) is 0.475. The molecule has 15 heavy (non-hydrogen) atoms. The fourth-order valence-corrected chi connectivity index (χ4v) is 1.61. The molecule has 1 aromatic heterocycles. The highest BCUT2D eigenvalue weighted by Gasteiger charge is 2.07. The summed E-state index contributed by atoms with van der Waals surface area (Å²) in [5.74, 6) is 0.0848. The van der Waals surface area contributed by atoms with Gasteiger partial charge < -0.3 is 4.98 Å². The van der Waals surface area contributed by atoms with Gasteiger partial charge in [0.05, 0.1) is 11.0 Å². The second-order valence-electron chi connectivity index (χ2n) is 3.50. The summed E-state index contributed by atoms with van der Waals surface area (Å²) < 4.78 is 1.52. The monoisotopic (exact) mass is 204 g/mol. The van der Waals surface area contributed by atoms with Gasteiger partial charge in [0, 0.05) is 19.0 Å². The second-order valence-corrected chi connectivity index (χ2v) is 3.50. The number of rotatable bonds is 2. The number of fused-ring (bicyclic) bond motifs is 1. The molecule has 78 valence electrons. The third-order valence-corrected chi connectivity index (χ3v) is 2.55. The number of carbonyl (C=O) groups excluding carboxylic acids is 1. The van der Waals surface area contributed by atoms with E-state index in [-0.39, 0.29) is 11.5 Å². The molecule has 0 spiro atoms. The summed E-state index contributed by atoms with van der Waals surface area (Å²) >= 11 is 0. The van der Waals surface area contributed by atoms with E-state index in [2.05, 4.69) is 4.98 Å². The topological polar surface area (TPSA) is 54.9 Å². The van der Waals surface area contributed by atoms with Gasteiger partial charge in [-0.25, -0.2) is 4.79 Å². The first-order valence-electron chi connectivity index (χ1n) is 4.85. The van der Waals surface area contributed by atoms with Gasteiger partial charge in [-0.1, -0.05) is 6.92 Å². The van der Waals surface area contributed by atoms with Gasteiger partial charge in [0.2, 0.25) is 0 Å². The van der Waals surface area contributed by atoms with Crippen molar-refractivity contribution in [2.45, 2.75) is 13.3 Å². The minimum absolute atomic E-state index is 0.0848. The number of carbonyl (C=O) groups is 1. The summed E-state index contributed by atoms with van der Waals surface area (Å²) in [5.41, 5.74) is 2.01. The quantitative estimate of drug-likeness (QED) is 0.753. The van der Waals surface area contributed by atoms with Crippen molar-refractivity contribution in [3.8, 4) is 0 Å². The molecular weight excluding hydrogens is 192 g/mol. The maximum atomic E-state index is 11.5.